The summed E-state index contributed by atoms with van der Waals surface area (Å²) in [6.07, 6.45) is 19.0. The van der Waals surface area contributed by atoms with Gasteiger partial charge in [0, 0.05) is 13.2 Å². The quantitative estimate of drug-likeness (QED) is 0.318. The van der Waals surface area contributed by atoms with Gasteiger partial charge in [0.1, 0.15) is 0 Å². The largest absolute Gasteiger partial charge is 0.389 e. The summed E-state index contributed by atoms with van der Waals surface area (Å²) in [5, 5.41) is 9.67. The number of ether oxygens (including phenoxy) is 1. The van der Waals surface area contributed by atoms with Gasteiger partial charge in [-0.15, -0.1) is 0 Å². The van der Waals surface area contributed by atoms with Crippen LogP contribution in [0.2, 0.25) is 0 Å². The molecular weight excluding hydrogens is 298 g/mol. The van der Waals surface area contributed by atoms with E-state index in [1.807, 2.05) is 19.0 Å². The molecule has 0 rings (SSSR count). The van der Waals surface area contributed by atoms with E-state index in [2.05, 4.69) is 6.92 Å². The Hall–Kier alpha value is -0.120. The van der Waals surface area contributed by atoms with Gasteiger partial charge in [-0.05, 0) is 20.5 Å². The molecule has 0 aliphatic heterocycles. The van der Waals surface area contributed by atoms with Crippen molar-refractivity contribution >= 4 is 0 Å². The monoisotopic (exact) mass is 343 g/mol. The summed E-state index contributed by atoms with van der Waals surface area (Å²) in [6.45, 7) is 4.22. The van der Waals surface area contributed by atoms with Gasteiger partial charge in [0.2, 0.25) is 0 Å². The zero-order chi connectivity index (χ0) is 17.9. The molecule has 3 nitrogen and oxygen atoms in total. The van der Waals surface area contributed by atoms with E-state index in [0.717, 1.165) is 13.0 Å². The molecule has 146 valence electrons. The normalized spacial score (nSPS) is 12.9. The lowest BCUT2D eigenvalue weighted by molar-refractivity contribution is 0.0229. The number of rotatable bonds is 19. The number of unbranched alkanes of at least 4 members (excludes halogenated alkanes) is 13. The molecular formula is C21H45NO2. The molecule has 3 heteroatoms. The van der Waals surface area contributed by atoms with Gasteiger partial charge in [0.25, 0.3) is 0 Å². The minimum atomic E-state index is -0.355. The van der Waals surface area contributed by atoms with E-state index in [1.165, 1.54) is 83.5 Å². The van der Waals surface area contributed by atoms with Crippen LogP contribution in [-0.2, 0) is 4.74 Å². The van der Waals surface area contributed by atoms with Crippen molar-refractivity contribution in [3.05, 3.63) is 0 Å². The lowest BCUT2D eigenvalue weighted by Gasteiger charge is -2.15. The Morgan fingerprint density at radius 1 is 0.708 bits per heavy atom. The third-order valence-electron chi connectivity index (χ3n) is 4.53. The Bertz CT molecular complexity index is 234. The summed E-state index contributed by atoms with van der Waals surface area (Å²) in [5.74, 6) is 0. The maximum atomic E-state index is 9.67. The lowest BCUT2D eigenvalue weighted by atomic mass is 10.0. The minimum absolute atomic E-state index is 0.355. The fraction of sp³-hybridized carbons (Fsp3) is 1.00. The van der Waals surface area contributed by atoms with Crippen LogP contribution in [-0.4, -0.2) is 50.0 Å². The molecule has 1 atom stereocenters. The van der Waals surface area contributed by atoms with Crippen molar-refractivity contribution in [3.8, 4) is 0 Å². The first-order valence-corrected chi connectivity index (χ1v) is 10.6. The summed E-state index contributed by atoms with van der Waals surface area (Å²) >= 11 is 0. The summed E-state index contributed by atoms with van der Waals surface area (Å²) < 4.78 is 5.53. The highest BCUT2D eigenvalue weighted by Gasteiger charge is 2.04. The highest BCUT2D eigenvalue weighted by atomic mass is 16.5. The second-order valence-corrected chi connectivity index (χ2v) is 7.59. The number of aliphatic hydroxyl groups excluding tert-OH is 1. The van der Waals surface area contributed by atoms with Crippen LogP contribution in [0.1, 0.15) is 96.8 Å². The SMILES string of the molecule is CCCCCCCCCCCCCCCCOCC(O)CN(C)C. The van der Waals surface area contributed by atoms with E-state index in [9.17, 15) is 5.11 Å². The van der Waals surface area contributed by atoms with Crippen LogP contribution < -0.4 is 0 Å². The molecule has 1 unspecified atom stereocenters. The molecule has 0 aliphatic rings. The molecule has 0 radical (unpaired) electrons. The van der Waals surface area contributed by atoms with Crippen LogP contribution in [0.3, 0.4) is 0 Å². The molecule has 0 amide bonds. The summed E-state index contributed by atoms with van der Waals surface area (Å²) in [5.41, 5.74) is 0. The van der Waals surface area contributed by atoms with Crippen LogP contribution in [0.15, 0.2) is 0 Å². The first-order valence-electron chi connectivity index (χ1n) is 10.6. The topological polar surface area (TPSA) is 32.7 Å². The van der Waals surface area contributed by atoms with Gasteiger partial charge >= 0.3 is 0 Å². The van der Waals surface area contributed by atoms with Crippen molar-refractivity contribution in [1.82, 2.24) is 4.90 Å². The van der Waals surface area contributed by atoms with Gasteiger partial charge in [-0.25, -0.2) is 0 Å². The number of aliphatic hydroxyl groups is 1. The van der Waals surface area contributed by atoms with Gasteiger partial charge < -0.3 is 14.7 Å². The van der Waals surface area contributed by atoms with E-state index in [4.69, 9.17) is 4.74 Å². The third-order valence-corrected chi connectivity index (χ3v) is 4.53. The lowest BCUT2D eigenvalue weighted by Crippen LogP contribution is -2.29. The highest BCUT2D eigenvalue weighted by molar-refractivity contribution is 4.57. The Kier molecular flexibility index (Phi) is 19.1. The van der Waals surface area contributed by atoms with E-state index < -0.39 is 0 Å². The number of hydrogen-bond acceptors (Lipinski definition) is 3. The van der Waals surface area contributed by atoms with Crippen LogP contribution >= 0.6 is 0 Å². The summed E-state index contributed by atoms with van der Waals surface area (Å²) in [4.78, 5) is 1.99. The fourth-order valence-corrected chi connectivity index (χ4v) is 3.09. The van der Waals surface area contributed by atoms with Gasteiger partial charge in [0.15, 0.2) is 0 Å². The number of likely N-dealkylation sites (N-methyl/N-ethyl adjacent to an activating group) is 1. The number of nitrogens with zero attached hydrogens (tertiary/aromatic N) is 1. The molecule has 0 heterocycles. The van der Waals surface area contributed by atoms with Gasteiger partial charge in [-0.2, -0.15) is 0 Å². The molecule has 0 saturated carbocycles. The molecule has 1 N–H and O–H groups in total. The zero-order valence-corrected chi connectivity index (χ0v) is 16.9. The van der Waals surface area contributed by atoms with E-state index in [-0.39, 0.29) is 6.10 Å². The van der Waals surface area contributed by atoms with E-state index in [0.29, 0.717) is 13.2 Å². The maximum Gasteiger partial charge on any atom is 0.0899 e. The van der Waals surface area contributed by atoms with Crippen molar-refractivity contribution in [2.24, 2.45) is 0 Å². The maximum absolute atomic E-state index is 9.67. The van der Waals surface area contributed by atoms with Crippen molar-refractivity contribution < 1.29 is 9.84 Å². The molecule has 0 aromatic heterocycles. The fourth-order valence-electron chi connectivity index (χ4n) is 3.09. The molecule has 0 aliphatic carbocycles. The van der Waals surface area contributed by atoms with Crippen molar-refractivity contribution in [1.29, 1.82) is 0 Å². The smallest absolute Gasteiger partial charge is 0.0899 e. The summed E-state index contributed by atoms with van der Waals surface area (Å²) in [7, 11) is 3.94. The van der Waals surface area contributed by atoms with Crippen LogP contribution in [0.5, 0.6) is 0 Å². The Morgan fingerprint density at radius 2 is 1.12 bits per heavy atom. The second kappa shape index (κ2) is 19.2. The molecule has 0 aromatic carbocycles. The minimum Gasteiger partial charge on any atom is -0.389 e. The Balaban J connectivity index is 3.05. The van der Waals surface area contributed by atoms with Crippen molar-refractivity contribution in [2.45, 2.75) is 103 Å². The van der Waals surface area contributed by atoms with Gasteiger partial charge in [0.05, 0.1) is 12.7 Å². The first-order chi connectivity index (χ1) is 11.7. The second-order valence-electron chi connectivity index (χ2n) is 7.59. The predicted molar refractivity (Wildman–Crippen MR) is 106 cm³/mol. The summed E-state index contributed by atoms with van der Waals surface area (Å²) in [6, 6.07) is 0. The molecule has 0 bridgehead atoms. The molecule has 0 aromatic rings. The Labute approximate surface area is 152 Å². The first kappa shape index (κ1) is 23.9. The average molecular weight is 344 g/mol. The molecule has 0 spiro atoms. The molecule has 0 fully saturated rings. The zero-order valence-electron chi connectivity index (χ0n) is 16.9. The third kappa shape index (κ3) is 19.9. The average Bonchev–Trinajstić information content (AvgIpc) is 2.53. The highest BCUT2D eigenvalue weighted by Crippen LogP contribution is 2.12. The van der Waals surface area contributed by atoms with Gasteiger partial charge in [-0.1, -0.05) is 90.4 Å². The molecule has 24 heavy (non-hydrogen) atoms. The van der Waals surface area contributed by atoms with Crippen LogP contribution in [0.25, 0.3) is 0 Å². The molecule has 0 saturated heterocycles. The number of hydrogen-bond donors (Lipinski definition) is 1. The van der Waals surface area contributed by atoms with Crippen molar-refractivity contribution in [2.75, 3.05) is 33.9 Å². The standard InChI is InChI=1S/C21H45NO2/c1-4-5-6-7-8-9-10-11-12-13-14-15-16-17-18-24-20-21(23)19-22(2)3/h21,23H,4-20H2,1-3H3. The van der Waals surface area contributed by atoms with E-state index >= 15 is 0 Å². The van der Waals surface area contributed by atoms with Crippen LogP contribution in [0, 0.1) is 0 Å². The van der Waals surface area contributed by atoms with Gasteiger partial charge in [-0.3, -0.25) is 0 Å². The van der Waals surface area contributed by atoms with Crippen LogP contribution in [0.4, 0.5) is 0 Å². The van der Waals surface area contributed by atoms with E-state index in [1.54, 1.807) is 0 Å². The predicted octanol–water partition coefficient (Wildman–Crippen LogP) is 5.41. The Morgan fingerprint density at radius 3 is 1.54 bits per heavy atom. The van der Waals surface area contributed by atoms with Crippen molar-refractivity contribution in [3.63, 3.8) is 0 Å².